The highest BCUT2D eigenvalue weighted by Crippen LogP contribution is 2.26. The number of hydrogen-bond donors (Lipinski definition) is 3. The normalized spacial score (nSPS) is 13.9. The summed E-state index contributed by atoms with van der Waals surface area (Å²) in [5, 5.41) is 8.56. The summed E-state index contributed by atoms with van der Waals surface area (Å²) in [6.45, 7) is 6.78. The molecular formula is C31H37N7O2. The zero-order valence-electron chi connectivity index (χ0n) is 23.1. The Morgan fingerprint density at radius 2 is 1.40 bits per heavy atom. The van der Waals surface area contributed by atoms with Crippen molar-refractivity contribution in [2.75, 3.05) is 22.9 Å². The maximum atomic E-state index is 13.8. The molecule has 1 heterocycles. The minimum Gasteiger partial charge on any atom is -0.372 e. The number of carbonyl (C=O) groups excluding carboxylic acids is 2. The summed E-state index contributed by atoms with van der Waals surface area (Å²) in [6, 6.07) is 22.9. The summed E-state index contributed by atoms with van der Waals surface area (Å²) < 4.78 is 0. The SMILES string of the molecule is CC(C)Cc1ccc(C(=O)N(Cc2ccc(C(=O)NC(N=N)N=N)cc2)c2ccc(N3CCCCC3)cc2)cc1. The van der Waals surface area contributed by atoms with Crippen LogP contribution in [0.1, 0.15) is 65.0 Å². The fraction of sp³-hybridized carbons (Fsp3) is 0.355. The zero-order valence-corrected chi connectivity index (χ0v) is 23.1. The quantitative estimate of drug-likeness (QED) is 0.232. The molecule has 0 bridgehead atoms. The lowest BCUT2D eigenvalue weighted by atomic mass is 10.0. The molecule has 1 fully saturated rings. The zero-order chi connectivity index (χ0) is 28.5. The van der Waals surface area contributed by atoms with E-state index in [9.17, 15) is 9.59 Å². The Bertz CT molecular complexity index is 1290. The molecule has 4 rings (SSSR count). The number of anilines is 2. The van der Waals surface area contributed by atoms with Crippen LogP contribution < -0.4 is 15.1 Å². The van der Waals surface area contributed by atoms with Crippen LogP contribution in [0, 0.1) is 17.0 Å². The molecule has 1 saturated heterocycles. The minimum atomic E-state index is -1.24. The van der Waals surface area contributed by atoms with Crippen LogP contribution in [0.4, 0.5) is 11.4 Å². The first kappa shape index (κ1) is 28.6. The largest absolute Gasteiger partial charge is 0.372 e. The van der Waals surface area contributed by atoms with Gasteiger partial charge >= 0.3 is 0 Å². The van der Waals surface area contributed by atoms with Gasteiger partial charge in [0, 0.05) is 35.6 Å². The predicted octanol–water partition coefficient (Wildman–Crippen LogP) is 6.80. The van der Waals surface area contributed by atoms with E-state index in [1.54, 1.807) is 29.2 Å². The molecule has 2 amide bonds. The van der Waals surface area contributed by atoms with Crippen molar-refractivity contribution in [1.82, 2.24) is 5.32 Å². The third-order valence-electron chi connectivity index (χ3n) is 7.03. The molecule has 9 nitrogen and oxygen atoms in total. The van der Waals surface area contributed by atoms with Crippen molar-refractivity contribution in [3.8, 4) is 0 Å². The Morgan fingerprint density at radius 1 is 0.825 bits per heavy atom. The lowest BCUT2D eigenvalue weighted by Gasteiger charge is -2.29. The molecule has 0 radical (unpaired) electrons. The smallest absolute Gasteiger partial charge is 0.258 e. The molecule has 0 unspecified atom stereocenters. The molecule has 0 saturated carbocycles. The molecule has 3 aromatic carbocycles. The van der Waals surface area contributed by atoms with Gasteiger partial charge in [-0.25, -0.2) is 11.1 Å². The third-order valence-corrected chi connectivity index (χ3v) is 7.03. The van der Waals surface area contributed by atoms with Gasteiger partial charge in [-0.1, -0.05) is 38.1 Å². The molecule has 0 spiro atoms. The third kappa shape index (κ3) is 7.37. The van der Waals surface area contributed by atoms with Gasteiger partial charge in [-0.05, 0) is 91.3 Å². The summed E-state index contributed by atoms with van der Waals surface area (Å²) in [6.07, 6.45) is 3.39. The lowest BCUT2D eigenvalue weighted by molar-refractivity contribution is 0.0934. The van der Waals surface area contributed by atoms with Crippen molar-refractivity contribution in [2.45, 2.75) is 52.4 Å². The summed E-state index contributed by atoms with van der Waals surface area (Å²) in [7, 11) is 0. The van der Waals surface area contributed by atoms with Gasteiger partial charge in [0.2, 0.25) is 0 Å². The fourth-order valence-electron chi connectivity index (χ4n) is 4.92. The number of benzene rings is 3. The first-order chi connectivity index (χ1) is 19.4. The van der Waals surface area contributed by atoms with E-state index < -0.39 is 12.2 Å². The first-order valence-electron chi connectivity index (χ1n) is 13.8. The van der Waals surface area contributed by atoms with Gasteiger partial charge in [0.15, 0.2) is 0 Å². The van der Waals surface area contributed by atoms with E-state index in [-0.39, 0.29) is 5.91 Å². The average molecular weight is 540 g/mol. The monoisotopic (exact) mass is 539 g/mol. The van der Waals surface area contributed by atoms with Crippen LogP contribution in [0.15, 0.2) is 83.0 Å². The van der Waals surface area contributed by atoms with Crippen LogP contribution in [-0.2, 0) is 13.0 Å². The van der Waals surface area contributed by atoms with E-state index in [1.807, 2.05) is 36.4 Å². The van der Waals surface area contributed by atoms with E-state index in [4.69, 9.17) is 11.1 Å². The van der Waals surface area contributed by atoms with Gasteiger partial charge in [-0.3, -0.25) is 9.59 Å². The number of nitrogens with one attached hydrogen (secondary N) is 3. The molecule has 40 heavy (non-hydrogen) atoms. The van der Waals surface area contributed by atoms with Crippen molar-refractivity contribution in [3.05, 3.63) is 95.1 Å². The summed E-state index contributed by atoms with van der Waals surface area (Å²) >= 11 is 0. The van der Waals surface area contributed by atoms with Crippen LogP contribution in [0.3, 0.4) is 0 Å². The molecule has 0 aliphatic carbocycles. The van der Waals surface area contributed by atoms with Crippen molar-refractivity contribution in [2.24, 2.45) is 16.1 Å². The van der Waals surface area contributed by atoms with Crippen LogP contribution in [0.25, 0.3) is 0 Å². The average Bonchev–Trinajstić information content (AvgIpc) is 2.99. The summed E-state index contributed by atoms with van der Waals surface area (Å²) in [4.78, 5) is 30.4. The number of nitrogens with zero attached hydrogens (tertiary/aromatic N) is 4. The van der Waals surface area contributed by atoms with Crippen LogP contribution in [-0.4, -0.2) is 31.2 Å². The molecule has 0 aromatic heterocycles. The second-order valence-electron chi connectivity index (χ2n) is 10.6. The molecule has 208 valence electrons. The first-order valence-corrected chi connectivity index (χ1v) is 13.8. The summed E-state index contributed by atoms with van der Waals surface area (Å²) in [5.74, 6) is -0.0398. The van der Waals surface area contributed by atoms with Crippen LogP contribution in [0.2, 0.25) is 0 Å². The second-order valence-corrected chi connectivity index (χ2v) is 10.6. The van der Waals surface area contributed by atoms with E-state index in [2.05, 4.69) is 46.4 Å². The Kier molecular flexibility index (Phi) is 9.72. The Hall–Kier alpha value is -4.40. The van der Waals surface area contributed by atoms with Gasteiger partial charge in [-0.2, -0.15) is 0 Å². The Morgan fingerprint density at radius 3 is 1.98 bits per heavy atom. The molecule has 3 N–H and O–H groups in total. The highest BCUT2D eigenvalue weighted by molar-refractivity contribution is 6.06. The number of carbonyl (C=O) groups is 2. The molecule has 1 aliphatic heterocycles. The number of rotatable bonds is 11. The summed E-state index contributed by atoms with van der Waals surface area (Å²) in [5.41, 5.74) is 19.0. The highest BCUT2D eigenvalue weighted by Gasteiger charge is 2.20. The Labute approximate surface area is 235 Å². The van der Waals surface area contributed by atoms with Gasteiger partial charge < -0.3 is 15.1 Å². The maximum absolute atomic E-state index is 13.8. The predicted molar refractivity (Wildman–Crippen MR) is 156 cm³/mol. The highest BCUT2D eigenvalue weighted by atomic mass is 16.2. The van der Waals surface area contributed by atoms with Crippen molar-refractivity contribution < 1.29 is 9.59 Å². The second kappa shape index (κ2) is 13.6. The minimum absolute atomic E-state index is 0.0967. The lowest BCUT2D eigenvalue weighted by Crippen LogP contribution is -2.32. The number of hydrogen-bond acceptors (Lipinski definition) is 7. The van der Waals surface area contributed by atoms with Gasteiger partial charge in [0.05, 0.1) is 6.54 Å². The number of amides is 2. The molecule has 9 heteroatoms. The van der Waals surface area contributed by atoms with Gasteiger partial charge in [-0.15, -0.1) is 10.2 Å². The topological polar surface area (TPSA) is 125 Å². The Balaban J connectivity index is 1.57. The fourth-order valence-corrected chi connectivity index (χ4v) is 4.92. The number of piperidine rings is 1. The van der Waals surface area contributed by atoms with Crippen molar-refractivity contribution >= 4 is 23.2 Å². The standard InChI is InChI=1S/C31H37N7O2/c1-22(2)20-23-6-12-26(13-7-23)30(40)38(28-16-14-27(15-17-28)37-18-4-3-5-19-37)21-24-8-10-25(11-9-24)29(39)34-31(35-32)36-33/h6-17,22,31-33H,3-5,18-21H2,1-2H3,(H,34,39). The molecule has 0 atom stereocenters. The van der Waals surface area contributed by atoms with Gasteiger partial charge in [0.1, 0.15) is 0 Å². The molecule has 1 aliphatic rings. The van der Waals surface area contributed by atoms with Gasteiger partial charge in [0.25, 0.3) is 18.1 Å². The van der Waals surface area contributed by atoms with E-state index in [0.717, 1.165) is 30.8 Å². The molecule has 3 aromatic rings. The van der Waals surface area contributed by atoms with Crippen molar-refractivity contribution in [1.29, 1.82) is 11.1 Å². The van der Waals surface area contributed by atoms with Crippen LogP contribution >= 0.6 is 0 Å². The maximum Gasteiger partial charge on any atom is 0.258 e. The van der Waals surface area contributed by atoms with E-state index in [0.29, 0.717) is 23.6 Å². The molecular weight excluding hydrogens is 502 g/mol. The van der Waals surface area contributed by atoms with Crippen LogP contribution in [0.5, 0.6) is 0 Å². The van der Waals surface area contributed by atoms with E-state index in [1.165, 1.54) is 30.5 Å². The van der Waals surface area contributed by atoms with E-state index >= 15 is 0 Å². The van der Waals surface area contributed by atoms with Crippen molar-refractivity contribution in [3.63, 3.8) is 0 Å².